The molecule has 0 saturated heterocycles. The van der Waals surface area contributed by atoms with E-state index in [2.05, 4.69) is 14.8 Å². The van der Waals surface area contributed by atoms with Crippen molar-refractivity contribution in [3.8, 4) is 5.69 Å². The molecule has 1 aromatic heterocycles. The zero-order chi connectivity index (χ0) is 14.0. The molecule has 0 N–H and O–H groups in total. The highest BCUT2D eigenvalue weighted by molar-refractivity contribution is 5.84. The number of hydrogen-bond donors (Lipinski definition) is 0. The number of carbonyl (C=O) groups excluding carboxylic acids is 1. The fraction of sp³-hybridized carbons (Fsp3) is 0.182. The van der Waals surface area contributed by atoms with Crippen molar-refractivity contribution in [1.29, 1.82) is 0 Å². The van der Waals surface area contributed by atoms with E-state index >= 15 is 0 Å². The summed E-state index contributed by atoms with van der Waals surface area (Å²) < 4.78 is 43.7. The number of benzene rings is 1. The van der Waals surface area contributed by atoms with Crippen LogP contribution in [0, 0.1) is 0 Å². The molecule has 19 heavy (non-hydrogen) atoms. The molecule has 0 saturated carbocycles. The van der Waals surface area contributed by atoms with Crippen LogP contribution in [0.5, 0.6) is 0 Å². The molecule has 0 radical (unpaired) electrons. The van der Waals surface area contributed by atoms with E-state index in [0.717, 1.165) is 24.2 Å². The van der Waals surface area contributed by atoms with Crippen molar-refractivity contribution in [2.45, 2.75) is 6.18 Å². The summed E-state index contributed by atoms with van der Waals surface area (Å²) in [5.41, 5.74) is -1.08. The third kappa shape index (κ3) is 2.56. The summed E-state index contributed by atoms with van der Waals surface area (Å²) in [6.45, 7) is 0. The number of esters is 1. The predicted octanol–water partition coefficient (Wildman–Crippen LogP) is 2.07. The van der Waals surface area contributed by atoms with Gasteiger partial charge >= 0.3 is 12.1 Å². The summed E-state index contributed by atoms with van der Waals surface area (Å²) in [6, 6.07) is 4.86. The molecule has 0 aliphatic carbocycles. The summed E-state index contributed by atoms with van der Waals surface area (Å²) in [5.74, 6) is -1.12. The lowest BCUT2D eigenvalue weighted by Crippen LogP contribution is -2.11. The molecule has 2 aromatic rings. The van der Waals surface area contributed by atoms with Gasteiger partial charge in [-0.1, -0.05) is 12.1 Å². The van der Waals surface area contributed by atoms with Crippen LogP contribution < -0.4 is 0 Å². The maximum absolute atomic E-state index is 12.8. The molecule has 1 heterocycles. The summed E-state index contributed by atoms with van der Waals surface area (Å²) in [7, 11) is 1.13. The summed E-state index contributed by atoms with van der Waals surface area (Å²) >= 11 is 0. The maximum atomic E-state index is 12.8. The molecule has 0 aliphatic heterocycles. The van der Waals surface area contributed by atoms with Gasteiger partial charge in [-0.2, -0.15) is 13.2 Å². The number of carbonyl (C=O) groups is 1. The molecule has 5 nitrogen and oxygen atoms in total. The van der Waals surface area contributed by atoms with Gasteiger partial charge in [-0.15, -0.1) is 5.10 Å². The minimum Gasteiger partial charge on any atom is -0.463 e. The molecule has 8 heteroatoms. The molecule has 0 bridgehead atoms. The van der Waals surface area contributed by atoms with Crippen LogP contribution >= 0.6 is 0 Å². The van der Waals surface area contributed by atoms with E-state index in [1.54, 1.807) is 0 Å². The van der Waals surface area contributed by atoms with Gasteiger partial charge in [-0.25, -0.2) is 14.5 Å². The molecule has 100 valence electrons. The molecule has 0 unspecified atom stereocenters. The summed E-state index contributed by atoms with van der Waals surface area (Å²) in [5, 5.41) is 3.66. The Morgan fingerprint density at radius 2 is 2.00 bits per heavy atom. The lowest BCUT2D eigenvalue weighted by atomic mass is 10.2. The van der Waals surface area contributed by atoms with Gasteiger partial charge in [0.25, 0.3) is 5.82 Å². The number of methoxy groups -OCH3 is 1. The van der Waals surface area contributed by atoms with Crippen molar-refractivity contribution >= 4 is 5.97 Å². The average molecular weight is 271 g/mol. The first-order valence-electron chi connectivity index (χ1n) is 5.10. The van der Waals surface area contributed by atoms with Gasteiger partial charge in [-0.05, 0) is 12.1 Å². The number of nitrogens with zero attached hydrogens (tertiary/aromatic N) is 3. The van der Waals surface area contributed by atoms with Crippen LogP contribution in [0.3, 0.4) is 0 Å². The van der Waals surface area contributed by atoms with E-state index < -0.39 is 17.7 Å². The number of aromatic nitrogens is 3. The number of para-hydroxylation sites is 1. The highest BCUT2D eigenvalue weighted by atomic mass is 19.4. The zero-order valence-electron chi connectivity index (χ0n) is 9.68. The van der Waals surface area contributed by atoms with Gasteiger partial charge < -0.3 is 4.74 Å². The van der Waals surface area contributed by atoms with Crippen LogP contribution in [0.4, 0.5) is 13.2 Å². The van der Waals surface area contributed by atoms with Crippen LogP contribution in [-0.4, -0.2) is 27.8 Å². The average Bonchev–Trinajstić information content (AvgIpc) is 2.86. The fourth-order valence-corrected chi connectivity index (χ4v) is 1.48. The number of hydrogen-bond acceptors (Lipinski definition) is 4. The van der Waals surface area contributed by atoms with Gasteiger partial charge in [0, 0.05) is 0 Å². The molecule has 0 fully saturated rings. The van der Waals surface area contributed by atoms with Gasteiger partial charge in [-0.3, -0.25) is 0 Å². The lowest BCUT2D eigenvalue weighted by Gasteiger charge is -2.11. The number of halogens is 3. The first-order valence-corrected chi connectivity index (χ1v) is 5.10. The van der Waals surface area contributed by atoms with E-state index in [9.17, 15) is 18.0 Å². The second-order valence-electron chi connectivity index (χ2n) is 3.52. The van der Waals surface area contributed by atoms with Gasteiger partial charge in [0.05, 0.1) is 18.4 Å². The maximum Gasteiger partial charge on any atom is 0.418 e. The molecule has 2 rings (SSSR count). The topological polar surface area (TPSA) is 57.0 Å². The largest absolute Gasteiger partial charge is 0.463 e. The van der Waals surface area contributed by atoms with Crippen molar-refractivity contribution in [3.05, 3.63) is 42.0 Å². The fourth-order valence-electron chi connectivity index (χ4n) is 1.48. The smallest absolute Gasteiger partial charge is 0.418 e. The minimum atomic E-state index is -4.52. The second kappa shape index (κ2) is 4.71. The van der Waals surface area contributed by atoms with Gasteiger partial charge in [0.15, 0.2) is 0 Å². The van der Waals surface area contributed by atoms with Crippen LogP contribution in [0.15, 0.2) is 30.6 Å². The molecule has 0 aliphatic rings. The SMILES string of the molecule is COC(=O)c1ncn(-c2ccccc2C(F)(F)F)n1. The molecular weight excluding hydrogens is 263 g/mol. The van der Waals surface area contributed by atoms with Crippen LogP contribution in [0.2, 0.25) is 0 Å². The van der Waals surface area contributed by atoms with Crippen LogP contribution in [0.25, 0.3) is 5.69 Å². The van der Waals surface area contributed by atoms with E-state index in [-0.39, 0.29) is 11.5 Å². The predicted molar refractivity (Wildman–Crippen MR) is 57.7 cm³/mol. The van der Waals surface area contributed by atoms with E-state index in [0.29, 0.717) is 0 Å². The Hall–Kier alpha value is -2.38. The lowest BCUT2D eigenvalue weighted by molar-refractivity contribution is -0.137. The first kappa shape index (κ1) is 13.1. The van der Waals surface area contributed by atoms with Crippen molar-refractivity contribution in [2.75, 3.05) is 7.11 Å². The standard InChI is InChI=1S/C11H8F3N3O2/c1-19-10(18)9-15-6-17(16-9)8-5-3-2-4-7(8)11(12,13)14/h2-6H,1H3. The Kier molecular flexibility index (Phi) is 3.24. The number of rotatable bonds is 2. The molecule has 1 aromatic carbocycles. The Labute approximate surface area is 105 Å². The molecule has 0 atom stereocenters. The van der Waals surface area contributed by atoms with E-state index in [1.165, 1.54) is 18.2 Å². The Morgan fingerprint density at radius 1 is 1.32 bits per heavy atom. The summed E-state index contributed by atoms with van der Waals surface area (Å²) in [4.78, 5) is 14.8. The Balaban J connectivity index is 2.48. The van der Waals surface area contributed by atoms with Crippen molar-refractivity contribution < 1.29 is 22.7 Å². The Bertz CT molecular complexity index is 607. The molecule has 0 spiro atoms. The summed E-state index contributed by atoms with van der Waals surface area (Å²) in [6.07, 6.45) is -3.50. The van der Waals surface area contributed by atoms with E-state index in [4.69, 9.17) is 0 Å². The highest BCUT2D eigenvalue weighted by Gasteiger charge is 2.34. The van der Waals surface area contributed by atoms with Crippen molar-refractivity contribution in [3.63, 3.8) is 0 Å². The second-order valence-corrected chi connectivity index (χ2v) is 3.52. The third-order valence-electron chi connectivity index (χ3n) is 2.32. The molecular formula is C11H8F3N3O2. The highest BCUT2D eigenvalue weighted by Crippen LogP contribution is 2.33. The monoisotopic (exact) mass is 271 g/mol. The normalized spacial score (nSPS) is 11.4. The number of ether oxygens (including phenoxy) is 1. The van der Waals surface area contributed by atoms with E-state index in [1.807, 2.05) is 0 Å². The zero-order valence-corrected chi connectivity index (χ0v) is 9.68. The van der Waals surface area contributed by atoms with Crippen LogP contribution in [-0.2, 0) is 10.9 Å². The van der Waals surface area contributed by atoms with Crippen molar-refractivity contribution in [2.24, 2.45) is 0 Å². The van der Waals surface area contributed by atoms with Gasteiger partial charge in [0.2, 0.25) is 0 Å². The number of alkyl halides is 3. The van der Waals surface area contributed by atoms with Crippen molar-refractivity contribution in [1.82, 2.24) is 14.8 Å². The van der Waals surface area contributed by atoms with Gasteiger partial charge in [0.1, 0.15) is 6.33 Å². The minimum absolute atomic E-state index is 0.211. The first-order chi connectivity index (χ1) is 8.93. The third-order valence-corrected chi connectivity index (χ3v) is 2.32. The quantitative estimate of drug-likeness (QED) is 0.785. The Morgan fingerprint density at radius 3 is 2.63 bits per heavy atom. The molecule has 0 amide bonds. The van der Waals surface area contributed by atoms with Crippen LogP contribution in [0.1, 0.15) is 16.2 Å².